The number of benzene rings is 1. The van der Waals surface area contributed by atoms with Gasteiger partial charge in [-0.15, -0.1) is 0 Å². The number of amides is 3. The Hall–Kier alpha value is -2.57. The van der Waals surface area contributed by atoms with E-state index in [1.54, 1.807) is 27.7 Å². The first-order valence-corrected chi connectivity index (χ1v) is 10.5. The SMILES string of the molecule is CC(C)Cc1ccc(C(C)C(=O)NCCNC(=O)[C@H](C)NC(=O)OC(C)(C)C)cc1. The van der Waals surface area contributed by atoms with E-state index < -0.39 is 17.7 Å². The molecule has 168 valence electrons. The minimum absolute atomic E-state index is 0.0965. The van der Waals surface area contributed by atoms with Crippen LogP contribution in [0.2, 0.25) is 0 Å². The van der Waals surface area contributed by atoms with E-state index >= 15 is 0 Å². The molecular weight excluding hydrogens is 382 g/mol. The van der Waals surface area contributed by atoms with Crippen LogP contribution in [0, 0.1) is 5.92 Å². The topological polar surface area (TPSA) is 96.5 Å². The van der Waals surface area contributed by atoms with Crippen molar-refractivity contribution in [1.29, 1.82) is 0 Å². The van der Waals surface area contributed by atoms with Gasteiger partial charge in [-0.05, 0) is 58.1 Å². The van der Waals surface area contributed by atoms with Crippen LogP contribution in [0.4, 0.5) is 4.79 Å². The second kappa shape index (κ2) is 11.6. The molecule has 0 heterocycles. The standard InChI is InChI=1S/C23H37N3O4/c1-15(2)14-18-8-10-19(11-9-18)16(3)20(27)24-12-13-25-21(28)17(4)26-22(29)30-23(5,6)7/h8-11,15-17H,12-14H2,1-7H3,(H,24,27)(H,25,28)(H,26,29)/t16?,17-/m0/s1. The summed E-state index contributed by atoms with van der Waals surface area (Å²) < 4.78 is 5.12. The summed E-state index contributed by atoms with van der Waals surface area (Å²) in [4.78, 5) is 36.1. The third kappa shape index (κ3) is 9.76. The van der Waals surface area contributed by atoms with Crippen LogP contribution in [0.25, 0.3) is 0 Å². The van der Waals surface area contributed by atoms with Crippen molar-refractivity contribution in [3.63, 3.8) is 0 Å². The highest BCUT2D eigenvalue weighted by Gasteiger charge is 2.21. The van der Waals surface area contributed by atoms with Gasteiger partial charge in [-0.3, -0.25) is 9.59 Å². The van der Waals surface area contributed by atoms with Crippen molar-refractivity contribution in [2.24, 2.45) is 5.92 Å². The van der Waals surface area contributed by atoms with Crippen molar-refractivity contribution in [3.05, 3.63) is 35.4 Å². The lowest BCUT2D eigenvalue weighted by molar-refractivity contribution is -0.124. The number of hydrogen-bond acceptors (Lipinski definition) is 4. The fraction of sp³-hybridized carbons (Fsp3) is 0.609. The van der Waals surface area contributed by atoms with E-state index in [0.717, 1.165) is 12.0 Å². The fourth-order valence-corrected chi connectivity index (χ4v) is 2.79. The second-order valence-electron chi connectivity index (χ2n) is 9.01. The summed E-state index contributed by atoms with van der Waals surface area (Å²) in [5, 5.41) is 8.00. The zero-order chi connectivity index (χ0) is 22.9. The van der Waals surface area contributed by atoms with Crippen molar-refractivity contribution in [2.75, 3.05) is 13.1 Å². The van der Waals surface area contributed by atoms with Crippen LogP contribution >= 0.6 is 0 Å². The Balaban J connectivity index is 2.36. The molecule has 0 aromatic heterocycles. The van der Waals surface area contributed by atoms with Crippen LogP contribution in [-0.2, 0) is 20.7 Å². The third-order valence-electron chi connectivity index (χ3n) is 4.37. The Kier molecular flexibility index (Phi) is 9.82. The minimum Gasteiger partial charge on any atom is -0.444 e. The Bertz CT molecular complexity index is 708. The molecule has 0 bridgehead atoms. The van der Waals surface area contributed by atoms with E-state index in [9.17, 15) is 14.4 Å². The average molecular weight is 420 g/mol. The molecular formula is C23H37N3O4. The summed E-state index contributed by atoms with van der Waals surface area (Å²) in [6.07, 6.45) is 0.369. The number of carbonyl (C=O) groups is 3. The molecule has 0 spiro atoms. The molecule has 1 aromatic rings. The molecule has 0 aliphatic heterocycles. The number of rotatable bonds is 9. The zero-order valence-corrected chi connectivity index (χ0v) is 19.3. The van der Waals surface area contributed by atoms with E-state index in [1.807, 2.05) is 19.1 Å². The molecule has 0 aliphatic rings. The third-order valence-corrected chi connectivity index (χ3v) is 4.37. The van der Waals surface area contributed by atoms with E-state index in [4.69, 9.17) is 4.74 Å². The Labute approximate surface area is 180 Å². The van der Waals surface area contributed by atoms with Gasteiger partial charge in [-0.2, -0.15) is 0 Å². The molecule has 1 aromatic carbocycles. The van der Waals surface area contributed by atoms with Crippen LogP contribution < -0.4 is 16.0 Å². The lowest BCUT2D eigenvalue weighted by atomic mass is 9.96. The summed E-state index contributed by atoms with van der Waals surface area (Å²) in [6, 6.07) is 7.39. The van der Waals surface area contributed by atoms with Gasteiger partial charge in [0.1, 0.15) is 11.6 Å². The number of ether oxygens (including phenoxy) is 1. The van der Waals surface area contributed by atoms with E-state index in [-0.39, 0.29) is 24.3 Å². The number of hydrogen-bond donors (Lipinski definition) is 3. The molecule has 3 N–H and O–H groups in total. The highest BCUT2D eigenvalue weighted by molar-refractivity contribution is 5.85. The van der Waals surface area contributed by atoms with Crippen LogP contribution in [0.15, 0.2) is 24.3 Å². The van der Waals surface area contributed by atoms with Gasteiger partial charge < -0.3 is 20.7 Å². The van der Waals surface area contributed by atoms with Crippen LogP contribution in [-0.4, -0.2) is 42.6 Å². The van der Waals surface area contributed by atoms with E-state index in [1.165, 1.54) is 5.56 Å². The van der Waals surface area contributed by atoms with Gasteiger partial charge in [0.2, 0.25) is 11.8 Å². The van der Waals surface area contributed by atoms with Crippen molar-refractivity contribution in [2.45, 2.75) is 72.4 Å². The highest BCUT2D eigenvalue weighted by Crippen LogP contribution is 2.17. The molecule has 0 saturated heterocycles. The van der Waals surface area contributed by atoms with Crippen molar-refractivity contribution in [3.8, 4) is 0 Å². The number of carbonyl (C=O) groups excluding carboxylic acids is 3. The molecule has 0 saturated carbocycles. The fourth-order valence-electron chi connectivity index (χ4n) is 2.79. The normalized spacial score (nSPS) is 13.3. The predicted octanol–water partition coefficient (Wildman–Crippen LogP) is 3.13. The van der Waals surface area contributed by atoms with Crippen molar-refractivity contribution in [1.82, 2.24) is 16.0 Å². The summed E-state index contributed by atoms with van der Waals surface area (Å²) >= 11 is 0. The van der Waals surface area contributed by atoms with Crippen LogP contribution in [0.3, 0.4) is 0 Å². The van der Waals surface area contributed by atoms with Gasteiger partial charge in [0, 0.05) is 13.1 Å². The number of alkyl carbamates (subject to hydrolysis) is 1. The maximum Gasteiger partial charge on any atom is 0.408 e. The first-order valence-electron chi connectivity index (χ1n) is 10.5. The highest BCUT2D eigenvalue weighted by atomic mass is 16.6. The van der Waals surface area contributed by atoms with Gasteiger partial charge in [-0.25, -0.2) is 4.79 Å². The zero-order valence-electron chi connectivity index (χ0n) is 19.3. The average Bonchev–Trinajstić information content (AvgIpc) is 2.62. The van der Waals surface area contributed by atoms with Crippen LogP contribution in [0.5, 0.6) is 0 Å². The monoisotopic (exact) mass is 419 g/mol. The van der Waals surface area contributed by atoms with Gasteiger partial charge in [0.25, 0.3) is 0 Å². The van der Waals surface area contributed by atoms with E-state index in [0.29, 0.717) is 12.5 Å². The minimum atomic E-state index is -0.737. The smallest absolute Gasteiger partial charge is 0.408 e. The van der Waals surface area contributed by atoms with Gasteiger partial charge in [0.05, 0.1) is 5.92 Å². The molecule has 2 atom stereocenters. The summed E-state index contributed by atoms with van der Waals surface area (Å²) in [5.41, 5.74) is 1.59. The van der Waals surface area contributed by atoms with Gasteiger partial charge in [-0.1, -0.05) is 38.1 Å². The molecule has 7 nitrogen and oxygen atoms in total. The van der Waals surface area contributed by atoms with Crippen molar-refractivity contribution >= 4 is 17.9 Å². The molecule has 0 aliphatic carbocycles. The first kappa shape index (κ1) is 25.5. The van der Waals surface area contributed by atoms with E-state index in [2.05, 4.69) is 41.9 Å². The second-order valence-corrected chi connectivity index (χ2v) is 9.01. The predicted molar refractivity (Wildman–Crippen MR) is 118 cm³/mol. The summed E-state index contributed by atoms with van der Waals surface area (Å²) in [6.45, 7) is 13.6. The summed E-state index contributed by atoms with van der Waals surface area (Å²) in [7, 11) is 0. The molecule has 0 fully saturated rings. The lowest BCUT2D eigenvalue weighted by Gasteiger charge is -2.21. The largest absolute Gasteiger partial charge is 0.444 e. The van der Waals surface area contributed by atoms with Crippen LogP contribution in [0.1, 0.15) is 65.5 Å². The Morgan fingerprint density at radius 2 is 1.43 bits per heavy atom. The molecule has 30 heavy (non-hydrogen) atoms. The van der Waals surface area contributed by atoms with Crippen molar-refractivity contribution < 1.29 is 19.1 Å². The molecule has 7 heteroatoms. The molecule has 0 radical (unpaired) electrons. The van der Waals surface area contributed by atoms with Gasteiger partial charge >= 0.3 is 6.09 Å². The molecule has 3 amide bonds. The molecule has 1 rings (SSSR count). The first-order chi connectivity index (χ1) is 13.9. The maximum absolute atomic E-state index is 12.4. The lowest BCUT2D eigenvalue weighted by Crippen LogP contribution is -2.48. The Morgan fingerprint density at radius 3 is 1.93 bits per heavy atom. The summed E-state index contributed by atoms with van der Waals surface area (Å²) in [5.74, 6) is -0.125. The quantitative estimate of drug-likeness (QED) is 0.536. The molecule has 1 unspecified atom stereocenters. The number of nitrogens with one attached hydrogen (secondary N) is 3. The maximum atomic E-state index is 12.4. The van der Waals surface area contributed by atoms with Gasteiger partial charge in [0.15, 0.2) is 0 Å². The Morgan fingerprint density at radius 1 is 0.900 bits per heavy atom.